The molecule has 244 valence electrons. The second kappa shape index (κ2) is 12.8. The van der Waals surface area contributed by atoms with Crippen LogP contribution in [-0.4, -0.2) is 19.9 Å². The number of thiazole rings is 1. The molecule has 0 aliphatic carbocycles. The summed E-state index contributed by atoms with van der Waals surface area (Å²) in [6.45, 7) is 0. The first-order valence-electron chi connectivity index (χ1n) is 17.1. The van der Waals surface area contributed by atoms with Crippen LogP contribution in [0.15, 0.2) is 170 Å². The molecule has 3 aromatic heterocycles. The predicted octanol–water partition coefficient (Wildman–Crippen LogP) is 12.9. The fourth-order valence-electron chi connectivity index (χ4n) is 6.87. The molecular formula is C46H28N4S2. The van der Waals surface area contributed by atoms with E-state index in [1.54, 1.807) is 22.7 Å². The highest BCUT2D eigenvalue weighted by molar-refractivity contribution is 7.26. The molecule has 0 bridgehead atoms. The van der Waals surface area contributed by atoms with Gasteiger partial charge in [0.2, 0.25) is 0 Å². The Kier molecular flexibility index (Phi) is 7.48. The van der Waals surface area contributed by atoms with E-state index in [9.17, 15) is 0 Å². The van der Waals surface area contributed by atoms with Gasteiger partial charge in [0.25, 0.3) is 0 Å². The summed E-state index contributed by atoms with van der Waals surface area (Å²) in [7, 11) is 0. The Morgan fingerprint density at radius 1 is 0.288 bits per heavy atom. The van der Waals surface area contributed by atoms with Crippen LogP contribution in [0, 0.1) is 0 Å². The van der Waals surface area contributed by atoms with Gasteiger partial charge < -0.3 is 0 Å². The van der Waals surface area contributed by atoms with Crippen molar-refractivity contribution in [3.05, 3.63) is 170 Å². The zero-order valence-electron chi connectivity index (χ0n) is 27.8. The van der Waals surface area contributed by atoms with Crippen LogP contribution in [0.2, 0.25) is 0 Å². The van der Waals surface area contributed by atoms with E-state index in [0.29, 0.717) is 17.5 Å². The minimum atomic E-state index is 0.644. The van der Waals surface area contributed by atoms with Crippen LogP contribution in [0.3, 0.4) is 0 Å². The second-order valence-corrected chi connectivity index (χ2v) is 14.8. The molecule has 0 saturated heterocycles. The summed E-state index contributed by atoms with van der Waals surface area (Å²) in [5.41, 5.74) is 9.70. The lowest BCUT2D eigenvalue weighted by Crippen LogP contribution is -2.00. The summed E-state index contributed by atoms with van der Waals surface area (Å²) in [6, 6.07) is 59.2. The smallest absolute Gasteiger partial charge is 0.164 e. The zero-order valence-corrected chi connectivity index (χ0v) is 29.4. The van der Waals surface area contributed by atoms with Gasteiger partial charge >= 0.3 is 0 Å². The first-order valence-corrected chi connectivity index (χ1v) is 18.8. The SMILES string of the molecule is c1ccc(-c2ccc(-c3nc(-c4ccccc4)nc(-c4cccc5sc6cccc(-c7ccc(-c8nc9ccccc9s8)cc7)c6c45)n3)cc2)cc1. The molecule has 7 aromatic carbocycles. The van der Waals surface area contributed by atoms with E-state index >= 15 is 0 Å². The highest BCUT2D eigenvalue weighted by Crippen LogP contribution is 2.44. The molecule has 10 aromatic rings. The molecule has 0 aliphatic rings. The molecule has 0 atom stereocenters. The van der Waals surface area contributed by atoms with Gasteiger partial charge in [-0.3, -0.25) is 0 Å². The van der Waals surface area contributed by atoms with E-state index in [1.807, 2.05) is 30.3 Å². The number of fused-ring (bicyclic) bond motifs is 4. The van der Waals surface area contributed by atoms with Gasteiger partial charge in [-0.2, -0.15) is 0 Å². The van der Waals surface area contributed by atoms with E-state index in [0.717, 1.165) is 49.3 Å². The fraction of sp³-hybridized carbons (Fsp3) is 0. The van der Waals surface area contributed by atoms with Crippen molar-refractivity contribution in [1.82, 2.24) is 19.9 Å². The number of hydrogen-bond acceptors (Lipinski definition) is 6. The van der Waals surface area contributed by atoms with Crippen molar-refractivity contribution in [2.24, 2.45) is 0 Å². The third kappa shape index (κ3) is 5.46. The molecule has 52 heavy (non-hydrogen) atoms. The summed E-state index contributed by atoms with van der Waals surface area (Å²) < 4.78 is 3.62. The van der Waals surface area contributed by atoms with Crippen LogP contribution in [0.25, 0.3) is 97.4 Å². The number of aromatic nitrogens is 4. The molecular weight excluding hydrogens is 673 g/mol. The Hall–Kier alpha value is -6.34. The lowest BCUT2D eigenvalue weighted by molar-refractivity contribution is 1.08. The first-order chi connectivity index (χ1) is 25.7. The van der Waals surface area contributed by atoms with Crippen molar-refractivity contribution in [3.63, 3.8) is 0 Å². The van der Waals surface area contributed by atoms with Crippen molar-refractivity contribution < 1.29 is 0 Å². The van der Waals surface area contributed by atoms with Gasteiger partial charge in [-0.05, 0) is 46.5 Å². The standard InChI is InChI=1S/C46H28N4S2/c1-3-11-29(12-4-1)30-21-25-33(26-22-30)44-48-43(32-13-5-2-6-14-32)49-45(50-44)36-16-10-20-40-42(36)41-35(15-9-19-39(41)51-40)31-23-27-34(28-24-31)46-47-37-17-7-8-18-38(37)52-46/h1-28H. The molecule has 0 amide bonds. The maximum absolute atomic E-state index is 5.18. The van der Waals surface area contributed by atoms with Crippen LogP contribution < -0.4 is 0 Å². The minimum absolute atomic E-state index is 0.644. The first kappa shape index (κ1) is 30.5. The van der Waals surface area contributed by atoms with E-state index in [-0.39, 0.29) is 0 Å². The van der Waals surface area contributed by atoms with E-state index in [1.165, 1.54) is 30.6 Å². The third-order valence-corrected chi connectivity index (χ3v) is 11.6. The number of para-hydroxylation sites is 1. The molecule has 0 radical (unpaired) electrons. The van der Waals surface area contributed by atoms with Crippen LogP contribution in [-0.2, 0) is 0 Å². The fourth-order valence-corrected chi connectivity index (χ4v) is 9.00. The van der Waals surface area contributed by atoms with Crippen LogP contribution >= 0.6 is 22.7 Å². The Bertz CT molecular complexity index is 2840. The van der Waals surface area contributed by atoms with E-state index < -0.39 is 0 Å². The second-order valence-electron chi connectivity index (χ2n) is 12.6. The summed E-state index contributed by atoms with van der Waals surface area (Å²) in [5, 5.41) is 3.40. The number of thiophene rings is 1. The number of benzene rings is 7. The van der Waals surface area contributed by atoms with Gasteiger partial charge in [0, 0.05) is 42.4 Å². The molecule has 6 heteroatoms. The number of hydrogen-bond donors (Lipinski definition) is 0. The molecule has 4 nitrogen and oxygen atoms in total. The highest BCUT2D eigenvalue weighted by atomic mass is 32.1. The van der Waals surface area contributed by atoms with Crippen molar-refractivity contribution in [2.75, 3.05) is 0 Å². The number of nitrogens with zero attached hydrogens (tertiary/aromatic N) is 4. The van der Waals surface area contributed by atoms with Crippen LogP contribution in [0.5, 0.6) is 0 Å². The molecule has 0 N–H and O–H groups in total. The molecule has 0 fully saturated rings. The summed E-state index contributed by atoms with van der Waals surface area (Å²) in [6.07, 6.45) is 0. The van der Waals surface area contributed by atoms with E-state index in [2.05, 4.69) is 140 Å². The zero-order chi connectivity index (χ0) is 34.4. The Morgan fingerprint density at radius 2 is 0.769 bits per heavy atom. The maximum atomic E-state index is 5.18. The molecule has 0 spiro atoms. The van der Waals surface area contributed by atoms with Gasteiger partial charge in [-0.1, -0.05) is 146 Å². The quantitative estimate of drug-likeness (QED) is 0.173. The van der Waals surface area contributed by atoms with Gasteiger partial charge in [-0.15, -0.1) is 22.7 Å². The van der Waals surface area contributed by atoms with Crippen molar-refractivity contribution in [3.8, 4) is 67.0 Å². The van der Waals surface area contributed by atoms with Crippen LogP contribution in [0.4, 0.5) is 0 Å². The normalized spacial score (nSPS) is 11.5. The van der Waals surface area contributed by atoms with Gasteiger partial charge in [-0.25, -0.2) is 19.9 Å². The highest BCUT2D eigenvalue weighted by Gasteiger charge is 2.19. The monoisotopic (exact) mass is 700 g/mol. The molecule has 0 unspecified atom stereocenters. The average Bonchev–Trinajstić information content (AvgIpc) is 3.84. The summed E-state index contributed by atoms with van der Waals surface area (Å²) in [4.78, 5) is 20.2. The Balaban J connectivity index is 1.12. The molecule has 10 rings (SSSR count). The van der Waals surface area contributed by atoms with Crippen molar-refractivity contribution in [1.29, 1.82) is 0 Å². The van der Waals surface area contributed by atoms with Crippen molar-refractivity contribution in [2.45, 2.75) is 0 Å². The summed E-state index contributed by atoms with van der Waals surface area (Å²) >= 11 is 3.53. The third-order valence-electron chi connectivity index (χ3n) is 9.42. The molecule has 3 heterocycles. The summed E-state index contributed by atoms with van der Waals surface area (Å²) in [5.74, 6) is 1.95. The lowest BCUT2D eigenvalue weighted by atomic mass is 9.96. The molecule has 0 saturated carbocycles. The lowest BCUT2D eigenvalue weighted by Gasteiger charge is -2.11. The van der Waals surface area contributed by atoms with Gasteiger partial charge in [0.1, 0.15) is 5.01 Å². The van der Waals surface area contributed by atoms with Gasteiger partial charge in [0.15, 0.2) is 17.5 Å². The number of rotatable bonds is 6. The van der Waals surface area contributed by atoms with Crippen molar-refractivity contribution >= 4 is 53.1 Å². The topological polar surface area (TPSA) is 51.6 Å². The Labute approximate surface area is 308 Å². The largest absolute Gasteiger partial charge is 0.236 e. The minimum Gasteiger partial charge on any atom is -0.236 e. The predicted molar refractivity (Wildman–Crippen MR) is 219 cm³/mol. The Morgan fingerprint density at radius 3 is 1.46 bits per heavy atom. The van der Waals surface area contributed by atoms with Crippen LogP contribution in [0.1, 0.15) is 0 Å². The molecule has 0 aliphatic heterocycles. The average molecular weight is 701 g/mol. The van der Waals surface area contributed by atoms with Gasteiger partial charge in [0.05, 0.1) is 10.2 Å². The maximum Gasteiger partial charge on any atom is 0.164 e. The van der Waals surface area contributed by atoms with E-state index in [4.69, 9.17) is 19.9 Å².